The number of hydrogen-bond donors (Lipinski definition) is 0. The Morgan fingerprint density at radius 1 is 0.731 bits per heavy atom. The second-order valence-electron chi connectivity index (χ2n) is 5.70. The molecule has 0 aromatic heterocycles. The Bertz CT molecular complexity index is 849. The first-order chi connectivity index (χ1) is 12.6. The lowest BCUT2D eigenvalue weighted by Gasteiger charge is -2.19. The molecule has 0 radical (unpaired) electrons. The van der Waals surface area contributed by atoms with Crippen LogP contribution in [0.1, 0.15) is 34.5 Å². The highest BCUT2D eigenvalue weighted by molar-refractivity contribution is 5.93. The van der Waals surface area contributed by atoms with E-state index in [0.29, 0.717) is 0 Å². The molecule has 0 saturated heterocycles. The van der Waals surface area contributed by atoms with Crippen LogP contribution in [-0.4, -0.2) is 11.9 Å². The standard InChI is InChI=1S/C22H18O4/c1-16(23)25-20-15-9-8-14-19(20)22(24)26-21(17-10-4-2-5-11-17)18-12-6-3-7-13-18/h2-15,21H,1H3. The van der Waals surface area contributed by atoms with E-state index in [1.165, 1.54) is 6.92 Å². The van der Waals surface area contributed by atoms with Gasteiger partial charge in [0.1, 0.15) is 11.3 Å². The third-order valence-electron chi connectivity index (χ3n) is 3.79. The Hall–Kier alpha value is -3.40. The summed E-state index contributed by atoms with van der Waals surface area (Å²) in [7, 11) is 0. The molecule has 130 valence electrons. The minimum absolute atomic E-state index is 0.185. The summed E-state index contributed by atoms with van der Waals surface area (Å²) in [6, 6.07) is 25.6. The molecule has 4 heteroatoms. The lowest BCUT2D eigenvalue weighted by molar-refractivity contribution is -0.131. The van der Waals surface area contributed by atoms with Crippen molar-refractivity contribution in [1.82, 2.24) is 0 Å². The quantitative estimate of drug-likeness (QED) is 0.502. The van der Waals surface area contributed by atoms with E-state index in [4.69, 9.17) is 9.47 Å². The normalized spacial score (nSPS) is 10.4. The van der Waals surface area contributed by atoms with Crippen LogP contribution in [0.3, 0.4) is 0 Å². The first kappa shape index (κ1) is 17.4. The minimum atomic E-state index is -0.560. The van der Waals surface area contributed by atoms with Crippen LogP contribution in [-0.2, 0) is 9.53 Å². The van der Waals surface area contributed by atoms with E-state index in [2.05, 4.69) is 0 Å². The third-order valence-corrected chi connectivity index (χ3v) is 3.79. The van der Waals surface area contributed by atoms with Gasteiger partial charge in [-0.1, -0.05) is 72.8 Å². The van der Waals surface area contributed by atoms with Crippen molar-refractivity contribution in [1.29, 1.82) is 0 Å². The molecule has 0 heterocycles. The molecule has 26 heavy (non-hydrogen) atoms. The second kappa shape index (κ2) is 8.12. The van der Waals surface area contributed by atoms with E-state index < -0.39 is 18.0 Å². The van der Waals surface area contributed by atoms with Crippen LogP contribution in [0.15, 0.2) is 84.9 Å². The number of hydrogen-bond acceptors (Lipinski definition) is 4. The van der Waals surface area contributed by atoms with E-state index in [-0.39, 0.29) is 11.3 Å². The highest BCUT2D eigenvalue weighted by Crippen LogP contribution is 2.29. The van der Waals surface area contributed by atoms with Gasteiger partial charge in [0.05, 0.1) is 0 Å². The predicted molar refractivity (Wildman–Crippen MR) is 97.9 cm³/mol. The maximum Gasteiger partial charge on any atom is 0.342 e. The average Bonchev–Trinajstić information content (AvgIpc) is 2.67. The molecule has 0 aliphatic carbocycles. The van der Waals surface area contributed by atoms with Gasteiger partial charge in [0.25, 0.3) is 0 Å². The van der Waals surface area contributed by atoms with Crippen LogP contribution in [0, 0.1) is 0 Å². The highest BCUT2D eigenvalue weighted by atomic mass is 16.6. The predicted octanol–water partition coefficient (Wildman–Crippen LogP) is 4.56. The number of para-hydroxylation sites is 1. The van der Waals surface area contributed by atoms with E-state index in [1.54, 1.807) is 24.3 Å². The van der Waals surface area contributed by atoms with Crippen LogP contribution < -0.4 is 4.74 Å². The SMILES string of the molecule is CC(=O)Oc1ccccc1C(=O)OC(c1ccccc1)c1ccccc1. The molecule has 0 saturated carbocycles. The summed E-state index contributed by atoms with van der Waals surface area (Å²) in [5.41, 5.74) is 1.92. The van der Waals surface area contributed by atoms with E-state index >= 15 is 0 Å². The molecule has 0 N–H and O–H groups in total. The molecule has 3 aromatic carbocycles. The van der Waals surface area contributed by atoms with Gasteiger partial charge in [-0.2, -0.15) is 0 Å². The van der Waals surface area contributed by atoms with Gasteiger partial charge in [-0.3, -0.25) is 4.79 Å². The van der Waals surface area contributed by atoms with Crippen LogP contribution in [0.4, 0.5) is 0 Å². The Labute approximate surface area is 152 Å². The zero-order valence-electron chi connectivity index (χ0n) is 14.3. The van der Waals surface area contributed by atoms with Gasteiger partial charge < -0.3 is 9.47 Å². The van der Waals surface area contributed by atoms with Gasteiger partial charge >= 0.3 is 11.9 Å². The first-order valence-electron chi connectivity index (χ1n) is 8.23. The summed E-state index contributed by atoms with van der Waals surface area (Å²) in [4.78, 5) is 24.1. The molecule has 0 atom stereocenters. The van der Waals surface area contributed by atoms with Gasteiger partial charge in [0.15, 0.2) is 6.10 Å². The number of benzene rings is 3. The number of carbonyl (C=O) groups excluding carboxylic acids is 2. The number of ether oxygens (including phenoxy) is 2. The summed E-state index contributed by atoms with van der Waals surface area (Å²) in [5.74, 6) is -0.864. The van der Waals surface area contributed by atoms with Crippen molar-refractivity contribution < 1.29 is 19.1 Å². The smallest absolute Gasteiger partial charge is 0.342 e. The molecule has 0 spiro atoms. The van der Waals surface area contributed by atoms with Gasteiger partial charge in [0.2, 0.25) is 0 Å². The fourth-order valence-electron chi connectivity index (χ4n) is 2.63. The third kappa shape index (κ3) is 4.16. The fraction of sp³-hybridized carbons (Fsp3) is 0.0909. The van der Waals surface area contributed by atoms with Crippen molar-refractivity contribution in [3.05, 3.63) is 102 Å². The molecule has 0 amide bonds. The minimum Gasteiger partial charge on any atom is -0.449 e. The molecule has 0 bridgehead atoms. The molecule has 0 aliphatic heterocycles. The summed E-state index contributed by atoms with van der Waals surface area (Å²) >= 11 is 0. The Kier molecular flexibility index (Phi) is 5.44. The Morgan fingerprint density at radius 3 is 1.77 bits per heavy atom. The highest BCUT2D eigenvalue weighted by Gasteiger charge is 2.22. The number of carbonyl (C=O) groups is 2. The van der Waals surface area contributed by atoms with Crippen LogP contribution in [0.5, 0.6) is 5.75 Å². The monoisotopic (exact) mass is 346 g/mol. The van der Waals surface area contributed by atoms with Gasteiger partial charge in [-0.25, -0.2) is 4.79 Å². The fourth-order valence-corrected chi connectivity index (χ4v) is 2.63. The van der Waals surface area contributed by atoms with Crippen LogP contribution in [0.2, 0.25) is 0 Å². The number of rotatable bonds is 5. The summed E-state index contributed by atoms with van der Waals surface area (Å²) < 4.78 is 10.9. The molecule has 4 nitrogen and oxygen atoms in total. The average molecular weight is 346 g/mol. The Morgan fingerprint density at radius 2 is 1.23 bits per heavy atom. The second-order valence-corrected chi connectivity index (χ2v) is 5.70. The molecular weight excluding hydrogens is 328 g/mol. The summed E-state index contributed by atoms with van der Waals surface area (Å²) in [5, 5.41) is 0. The van der Waals surface area contributed by atoms with Crippen LogP contribution in [0.25, 0.3) is 0 Å². The number of esters is 2. The van der Waals surface area contributed by atoms with Crippen molar-refractivity contribution in [2.45, 2.75) is 13.0 Å². The molecule has 0 aliphatic rings. The molecule has 3 aromatic rings. The van der Waals surface area contributed by atoms with Gasteiger partial charge in [-0.05, 0) is 23.3 Å². The van der Waals surface area contributed by atoms with Gasteiger partial charge in [-0.15, -0.1) is 0 Å². The molecule has 0 unspecified atom stereocenters. The van der Waals surface area contributed by atoms with Gasteiger partial charge in [0, 0.05) is 6.92 Å². The molecule has 3 rings (SSSR count). The maximum absolute atomic E-state index is 12.8. The lowest BCUT2D eigenvalue weighted by Crippen LogP contribution is -2.15. The summed E-state index contributed by atoms with van der Waals surface area (Å²) in [6.45, 7) is 1.29. The van der Waals surface area contributed by atoms with Crippen molar-refractivity contribution in [3.63, 3.8) is 0 Å². The largest absolute Gasteiger partial charge is 0.449 e. The topological polar surface area (TPSA) is 52.6 Å². The maximum atomic E-state index is 12.8. The van der Waals surface area contributed by atoms with Crippen molar-refractivity contribution in [3.8, 4) is 5.75 Å². The summed E-state index contributed by atoms with van der Waals surface area (Å²) in [6.07, 6.45) is -0.560. The first-order valence-corrected chi connectivity index (χ1v) is 8.23. The van der Waals surface area contributed by atoms with Crippen molar-refractivity contribution in [2.24, 2.45) is 0 Å². The Balaban J connectivity index is 1.93. The molecular formula is C22H18O4. The van der Waals surface area contributed by atoms with E-state index in [1.807, 2.05) is 60.7 Å². The van der Waals surface area contributed by atoms with Crippen LogP contribution >= 0.6 is 0 Å². The van der Waals surface area contributed by atoms with E-state index in [9.17, 15) is 9.59 Å². The van der Waals surface area contributed by atoms with Crippen molar-refractivity contribution >= 4 is 11.9 Å². The zero-order chi connectivity index (χ0) is 18.4. The van der Waals surface area contributed by atoms with E-state index in [0.717, 1.165) is 11.1 Å². The lowest BCUT2D eigenvalue weighted by atomic mass is 10.0. The molecule has 0 fully saturated rings. The zero-order valence-corrected chi connectivity index (χ0v) is 14.3. The van der Waals surface area contributed by atoms with Crippen molar-refractivity contribution in [2.75, 3.05) is 0 Å².